The second-order valence-corrected chi connectivity index (χ2v) is 7.64. The molecule has 0 aliphatic carbocycles. The van der Waals surface area contributed by atoms with Gasteiger partial charge in [-0.15, -0.1) is 0 Å². The molecule has 1 aliphatic rings. The third-order valence-electron chi connectivity index (χ3n) is 5.70. The number of hydrogen-bond donors (Lipinski definition) is 1. The molecule has 0 spiro atoms. The van der Waals surface area contributed by atoms with Gasteiger partial charge in [-0.05, 0) is 35.2 Å². The Bertz CT molecular complexity index is 1110. The van der Waals surface area contributed by atoms with E-state index in [1.807, 2.05) is 79.0 Å². The molecule has 1 aliphatic heterocycles. The molecule has 3 aromatic carbocycles. The van der Waals surface area contributed by atoms with E-state index < -0.39 is 0 Å². The maximum Gasteiger partial charge on any atom is 0.236 e. The van der Waals surface area contributed by atoms with E-state index in [4.69, 9.17) is 0 Å². The van der Waals surface area contributed by atoms with Gasteiger partial charge in [0.1, 0.15) is 5.82 Å². The maximum atomic E-state index is 13.3. The summed E-state index contributed by atoms with van der Waals surface area (Å²) in [7, 11) is 0. The average Bonchev–Trinajstić information content (AvgIpc) is 3.40. The van der Waals surface area contributed by atoms with E-state index in [2.05, 4.69) is 27.0 Å². The molecule has 0 saturated carbocycles. The number of amides is 1. The molecule has 0 fully saturated rings. The summed E-state index contributed by atoms with van der Waals surface area (Å²) in [5, 5.41) is 3.10. The van der Waals surface area contributed by atoms with Gasteiger partial charge in [-0.25, -0.2) is 4.98 Å². The maximum absolute atomic E-state index is 13.3. The van der Waals surface area contributed by atoms with E-state index in [1.54, 1.807) is 0 Å². The van der Waals surface area contributed by atoms with Crippen molar-refractivity contribution in [2.75, 3.05) is 5.32 Å². The lowest BCUT2D eigenvalue weighted by molar-refractivity contribution is -0.116. The van der Waals surface area contributed by atoms with Gasteiger partial charge in [0, 0.05) is 18.7 Å². The number of benzene rings is 3. The molecule has 1 aromatic heterocycles. The van der Waals surface area contributed by atoms with E-state index in [0.717, 1.165) is 53.3 Å². The first kappa shape index (κ1) is 18.4. The van der Waals surface area contributed by atoms with E-state index in [9.17, 15) is 4.79 Å². The van der Waals surface area contributed by atoms with Crippen LogP contribution in [0.2, 0.25) is 0 Å². The number of carbonyl (C=O) groups is 1. The van der Waals surface area contributed by atoms with E-state index in [1.165, 1.54) is 0 Å². The van der Waals surface area contributed by atoms with Crippen LogP contribution in [-0.2, 0) is 17.8 Å². The van der Waals surface area contributed by atoms with Crippen molar-refractivity contribution in [1.29, 1.82) is 0 Å². The average molecular weight is 393 g/mol. The summed E-state index contributed by atoms with van der Waals surface area (Å²) >= 11 is 0. The minimum absolute atomic E-state index is 0.0367. The smallest absolute Gasteiger partial charge is 0.236 e. The predicted molar refractivity (Wildman–Crippen MR) is 119 cm³/mol. The Morgan fingerprint density at radius 1 is 0.867 bits per heavy atom. The van der Waals surface area contributed by atoms with Crippen molar-refractivity contribution >= 4 is 11.6 Å². The number of nitrogens with one attached hydrogen (secondary N) is 1. The van der Waals surface area contributed by atoms with Crippen LogP contribution < -0.4 is 5.32 Å². The Labute approximate surface area is 176 Å². The molecule has 0 saturated heterocycles. The first-order valence-electron chi connectivity index (χ1n) is 10.4. The molecule has 1 N–H and O–H groups in total. The lowest BCUT2D eigenvalue weighted by Gasteiger charge is -2.18. The topological polar surface area (TPSA) is 46.9 Å². The summed E-state index contributed by atoms with van der Waals surface area (Å²) in [5.41, 5.74) is 5.02. The first-order chi connectivity index (χ1) is 14.8. The number of anilines is 1. The Balaban J connectivity index is 1.39. The number of aromatic nitrogens is 2. The van der Waals surface area contributed by atoms with Crippen LogP contribution in [0.25, 0.3) is 11.3 Å². The highest BCUT2D eigenvalue weighted by Gasteiger charge is 2.23. The fraction of sp³-hybridized carbons (Fsp3) is 0.154. The predicted octanol–water partition coefficient (Wildman–Crippen LogP) is 5.27. The van der Waals surface area contributed by atoms with Crippen LogP contribution >= 0.6 is 0 Å². The number of aryl methyl sites for hydroxylation is 1. The third-order valence-corrected chi connectivity index (χ3v) is 5.70. The van der Waals surface area contributed by atoms with Gasteiger partial charge in [0.2, 0.25) is 5.91 Å². The summed E-state index contributed by atoms with van der Waals surface area (Å²) in [6.07, 6.45) is 4.15. The molecule has 2 heterocycles. The zero-order valence-electron chi connectivity index (χ0n) is 16.7. The highest BCUT2D eigenvalue weighted by atomic mass is 16.1. The minimum Gasteiger partial charge on any atom is -0.328 e. The van der Waals surface area contributed by atoms with Crippen molar-refractivity contribution in [3.8, 4) is 11.3 Å². The number of carbonyl (C=O) groups excluding carboxylic acids is 1. The van der Waals surface area contributed by atoms with Crippen LogP contribution in [0, 0.1) is 0 Å². The molecule has 148 valence electrons. The zero-order chi connectivity index (χ0) is 20.3. The summed E-state index contributed by atoms with van der Waals surface area (Å²) in [5.74, 6) is 0.770. The number of nitrogens with zero attached hydrogens (tertiary/aromatic N) is 2. The van der Waals surface area contributed by atoms with Crippen LogP contribution in [0.1, 0.15) is 29.3 Å². The molecule has 0 atom stereocenters. The van der Waals surface area contributed by atoms with Crippen LogP contribution in [0.5, 0.6) is 0 Å². The largest absolute Gasteiger partial charge is 0.328 e. The van der Waals surface area contributed by atoms with E-state index in [-0.39, 0.29) is 11.8 Å². The highest BCUT2D eigenvalue weighted by Crippen LogP contribution is 2.29. The van der Waals surface area contributed by atoms with Gasteiger partial charge < -0.3 is 9.88 Å². The molecule has 4 heteroatoms. The summed E-state index contributed by atoms with van der Waals surface area (Å²) in [6, 6.07) is 27.9. The fourth-order valence-corrected chi connectivity index (χ4v) is 4.21. The van der Waals surface area contributed by atoms with Crippen LogP contribution in [-0.4, -0.2) is 15.5 Å². The Morgan fingerprint density at radius 3 is 2.13 bits per heavy atom. The summed E-state index contributed by atoms with van der Waals surface area (Å²) in [6.45, 7) is 1.03. The van der Waals surface area contributed by atoms with Crippen molar-refractivity contribution in [2.24, 2.45) is 0 Å². The number of imidazole rings is 1. The lowest BCUT2D eigenvalue weighted by atomic mass is 9.90. The molecule has 0 unspecified atom stereocenters. The summed E-state index contributed by atoms with van der Waals surface area (Å²) in [4.78, 5) is 17.8. The molecule has 0 bridgehead atoms. The van der Waals surface area contributed by atoms with Gasteiger partial charge in [0.05, 0.1) is 17.8 Å². The van der Waals surface area contributed by atoms with Crippen molar-refractivity contribution in [2.45, 2.75) is 25.3 Å². The molecule has 4 aromatic rings. The fourth-order valence-electron chi connectivity index (χ4n) is 4.21. The van der Waals surface area contributed by atoms with Gasteiger partial charge in [-0.1, -0.05) is 72.8 Å². The normalized spacial score (nSPS) is 12.7. The van der Waals surface area contributed by atoms with Gasteiger partial charge in [0.15, 0.2) is 0 Å². The van der Waals surface area contributed by atoms with Gasteiger partial charge in [-0.2, -0.15) is 0 Å². The molecule has 1 amide bonds. The van der Waals surface area contributed by atoms with Crippen molar-refractivity contribution < 1.29 is 4.79 Å². The Hall–Kier alpha value is -3.66. The van der Waals surface area contributed by atoms with Crippen LogP contribution in [0.15, 0.2) is 91.1 Å². The van der Waals surface area contributed by atoms with Crippen LogP contribution in [0.4, 0.5) is 5.69 Å². The monoisotopic (exact) mass is 393 g/mol. The second kappa shape index (κ2) is 7.99. The first-order valence-corrected chi connectivity index (χ1v) is 10.4. The van der Waals surface area contributed by atoms with Gasteiger partial charge in [-0.3, -0.25) is 4.79 Å². The van der Waals surface area contributed by atoms with Crippen molar-refractivity contribution in [3.63, 3.8) is 0 Å². The molecule has 5 rings (SSSR count). The third kappa shape index (κ3) is 3.52. The quantitative estimate of drug-likeness (QED) is 0.502. The second-order valence-electron chi connectivity index (χ2n) is 7.64. The van der Waals surface area contributed by atoms with E-state index >= 15 is 0 Å². The number of hydrogen-bond acceptors (Lipinski definition) is 2. The Morgan fingerprint density at radius 2 is 1.50 bits per heavy atom. The minimum atomic E-state index is -0.356. The molecular formula is C26H23N3O. The van der Waals surface area contributed by atoms with E-state index in [0.29, 0.717) is 0 Å². The number of fused-ring (bicyclic) bond motifs is 1. The molecule has 0 radical (unpaired) electrons. The molecular weight excluding hydrogens is 370 g/mol. The SMILES string of the molecule is O=C(Nc1ccc(-c2cnc3n2CCC3)cc1)C(c1ccccc1)c1ccccc1. The van der Waals surface area contributed by atoms with Crippen LogP contribution in [0.3, 0.4) is 0 Å². The van der Waals surface area contributed by atoms with Gasteiger partial charge >= 0.3 is 0 Å². The standard InChI is InChI=1S/C26H23N3O/c30-26(25(20-8-3-1-4-9-20)21-10-5-2-6-11-21)28-22-15-13-19(14-16-22)23-18-27-24-12-7-17-29(23)24/h1-6,8-11,13-16,18,25H,7,12,17H2,(H,28,30). The Kier molecular flexibility index (Phi) is 4.89. The number of rotatable bonds is 5. The summed E-state index contributed by atoms with van der Waals surface area (Å²) < 4.78 is 2.29. The van der Waals surface area contributed by atoms with Crippen molar-refractivity contribution in [1.82, 2.24) is 9.55 Å². The molecule has 4 nitrogen and oxygen atoms in total. The zero-order valence-corrected chi connectivity index (χ0v) is 16.7. The van der Waals surface area contributed by atoms with Gasteiger partial charge in [0.25, 0.3) is 0 Å². The highest BCUT2D eigenvalue weighted by molar-refractivity contribution is 5.98. The molecule has 30 heavy (non-hydrogen) atoms. The van der Waals surface area contributed by atoms with Crippen molar-refractivity contribution in [3.05, 3.63) is 108 Å². The lowest BCUT2D eigenvalue weighted by Crippen LogP contribution is -2.22.